The molecular formula is C37H41N3O7. The van der Waals surface area contributed by atoms with Crippen molar-refractivity contribution < 1.29 is 34.1 Å². The molecule has 0 unspecified atom stereocenters. The summed E-state index contributed by atoms with van der Waals surface area (Å²) in [7, 11) is 0. The van der Waals surface area contributed by atoms with Crippen molar-refractivity contribution in [2.24, 2.45) is 11.8 Å². The Balaban J connectivity index is 1.18. The molecule has 10 heteroatoms. The van der Waals surface area contributed by atoms with Crippen LogP contribution in [0.5, 0.6) is 5.75 Å². The van der Waals surface area contributed by atoms with Gasteiger partial charge in [-0.1, -0.05) is 49.4 Å². The SMILES string of the molecule is C[C@@H]1[C@@H](C(C)(C)O)[C@H](CC(=O)N2CCC[C@H]2CO)O[C@@]12C(=O)N(Cc1ccc(N3C(=O)COc4ccccc43)cc1)c1ccccc12. The van der Waals surface area contributed by atoms with Crippen LogP contribution in [0, 0.1) is 11.8 Å². The van der Waals surface area contributed by atoms with Gasteiger partial charge in [-0.05, 0) is 62.6 Å². The van der Waals surface area contributed by atoms with Crippen LogP contribution >= 0.6 is 0 Å². The first-order chi connectivity index (χ1) is 22.5. The van der Waals surface area contributed by atoms with E-state index in [1.165, 1.54) is 0 Å². The summed E-state index contributed by atoms with van der Waals surface area (Å²) in [6.07, 6.45) is 0.885. The highest BCUT2D eigenvalue weighted by Gasteiger charge is 2.66. The van der Waals surface area contributed by atoms with E-state index in [0.717, 1.165) is 29.7 Å². The van der Waals surface area contributed by atoms with Crippen LogP contribution in [0.25, 0.3) is 0 Å². The van der Waals surface area contributed by atoms with Gasteiger partial charge in [0.25, 0.3) is 11.8 Å². The number of para-hydroxylation sites is 3. The van der Waals surface area contributed by atoms with Crippen LogP contribution < -0.4 is 14.5 Å². The molecule has 4 heterocycles. The molecule has 4 aliphatic heterocycles. The molecule has 7 rings (SSSR count). The number of likely N-dealkylation sites (tertiary alicyclic amines) is 1. The molecule has 2 N–H and O–H groups in total. The molecule has 5 atom stereocenters. The zero-order chi connectivity index (χ0) is 33.1. The second kappa shape index (κ2) is 11.8. The van der Waals surface area contributed by atoms with Gasteiger partial charge in [-0.3, -0.25) is 19.3 Å². The quantitative estimate of drug-likeness (QED) is 0.396. The number of nitrogens with zero attached hydrogens (tertiary/aromatic N) is 3. The van der Waals surface area contributed by atoms with Crippen LogP contribution in [0.4, 0.5) is 17.1 Å². The Hall–Kier alpha value is -4.25. The number of rotatable bonds is 7. The van der Waals surface area contributed by atoms with Gasteiger partial charge in [0.2, 0.25) is 5.91 Å². The highest BCUT2D eigenvalue weighted by molar-refractivity contribution is 6.08. The van der Waals surface area contributed by atoms with Crippen molar-refractivity contribution in [1.29, 1.82) is 0 Å². The monoisotopic (exact) mass is 639 g/mol. The summed E-state index contributed by atoms with van der Waals surface area (Å²) < 4.78 is 12.4. The van der Waals surface area contributed by atoms with Gasteiger partial charge in [0.15, 0.2) is 12.2 Å². The van der Waals surface area contributed by atoms with Gasteiger partial charge in [0.1, 0.15) is 5.75 Å². The van der Waals surface area contributed by atoms with E-state index in [4.69, 9.17) is 9.47 Å². The summed E-state index contributed by atoms with van der Waals surface area (Å²) in [5, 5.41) is 21.2. The van der Waals surface area contributed by atoms with Crippen molar-refractivity contribution in [2.75, 3.05) is 29.6 Å². The second-order valence-corrected chi connectivity index (χ2v) is 13.7. The molecule has 1 spiro atoms. The highest BCUT2D eigenvalue weighted by atomic mass is 16.5. The van der Waals surface area contributed by atoms with E-state index in [1.54, 1.807) is 28.5 Å². The minimum atomic E-state index is -1.38. The maximum absolute atomic E-state index is 14.7. The number of aliphatic hydroxyl groups excluding tert-OH is 1. The number of anilines is 3. The Morgan fingerprint density at radius 3 is 2.43 bits per heavy atom. The maximum Gasteiger partial charge on any atom is 0.269 e. The van der Waals surface area contributed by atoms with E-state index < -0.39 is 29.1 Å². The van der Waals surface area contributed by atoms with E-state index in [2.05, 4.69) is 0 Å². The number of ether oxygens (including phenoxy) is 2. The average Bonchev–Trinajstić information content (AvgIpc) is 3.72. The first-order valence-electron chi connectivity index (χ1n) is 16.4. The molecular weight excluding hydrogens is 598 g/mol. The van der Waals surface area contributed by atoms with Crippen LogP contribution in [-0.4, -0.2) is 70.3 Å². The summed E-state index contributed by atoms with van der Waals surface area (Å²) in [5.74, 6) is -0.842. The molecule has 10 nitrogen and oxygen atoms in total. The van der Waals surface area contributed by atoms with Gasteiger partial charge < -0.3 is 29.5 Å². The minimum absolute atomic E-state index is 0.0115. The standard InChI is InChI=1S/C37H41N3O7/c1-23-34(36(2,3)45)31(19-32(42)38-18-8-9-26(38)21-41)47-37(23)27-10-4-5-11-28(27)39(35(37)44)20-24-14-16-25(17-15-24)40-29-12-6-7-13-30(29)46-22-33(40)43/h4-7,10-17,23,26,31,34,41,45H,8-9,18-22H2,1-3H3/t23-,26+,31+,34-,37+/m1/s1. The van der Waals surface area contributed by atoms with Crippen LogP contribution in [0.3, 0.4) is 0 Å². The lowest BCUT2D eigenvalue weighted by Gasteiger charge is -2.34. The van der Waals surface area contributed by atoms with Gasteiger partial charge in [-0.15, -0.1) is 0 Å². The van der Waals surface area contributed by atoms with E-state index in [-0.39, 0.29) is 49.9 Å². The number of benzene rings is 3. The molecule has 0 radical (unpaired) electrons. The van der Waals surface area contributed by atoms with Gasteiger partial charge >= 0.3 is 0 Å². The normalized spacial score (nSPS) is 27.0. The molecule has 4 aliphatic rings. The molecule has 0 saturated carbocycles. The van der Waals surface area contributed by atoms with Crippen molar-refractivity contribution in [3.05, 3.63) is 83.9 Å². The molecule has 2 fully saturated rings. The summed E-state index contributed by atoms with van der Waals surface area (Å²) in [6.45, 7) is 6.06. The van der Waals surface area contributed by atoms with Crippen molar-refractivity contribution in [3.63, 3.8) is 0 Å². The smallest absolute Gasteiger partial charge is 0.269 e. The van der Waals surface area contributed by atoms with Crippen LogP contribution in [0.2, 0.25) is 0 Å². The maximum atomic E-state index is 14.7. The summed E-state index contributed by atoms with van der Waals surface area (Å²) in [5.41, 5.74) is 1.09. The Labute approximate surface area is 274 Å². The molecule has 3 amide bonds. The Kier molecular flexibility index (Phi) is 7.85. The lowest BCUT2D eigenvalue weighted by atomic mass is 9.71. The van der Waals surface area contributed by atoms with Crippen LogP contribution in [0.1, 0.15) is 51.2 Å². The largest absolute Gasteiger partial charge is 0.482 e. The predicted octanol–water partition coefficient (Wildman–Crippen LogP) is 4.28. The van der Waals surface area contributed by atoms with Crippen LogP contribution in [0.15, 0.2) is 72.8 Å². The van der Waals surface area contributed by atoms with Gasteiger partial charge in [-0.2, -0.15) is 0 Å². The lowest BCUT2D eigenvalue weighted by Crippen LogP contribution is -2.46. The van der Waals surface area contributed by atoms with Crippen molar-refractivity contribution in [1.82, 2.24) is 4.90 Å². The van der Waals surface area contributed by atoms with E-state index in [0.29, 0.717) is 23.7 Å². The molecule has 0 aliphatic carbocycles. The Bertz CT molecular complexity index is 1700. The lowest BCUT2D eigenvalue weighted by molar-refractivity contribution is -0.150. The summed E-state index contributed by atoms with van der Waals surface area (Å²) >= 11 is 0. The molecule has 246 valence electrons. The van der Waals surface area contributed by atoms with E-state index in [9.17, 15) is 24.6 Å². The summed E-state index contributed by atoms with van der Waals surface area (Å²) in [4.78, 5) is 46.2. The first-order valence-corrected chi connectivity index (χ1v) is 16.4. The fraction of sp³-hybridized carbons (Fsp3) is 0.432. The average molecular weight is 640 g/mol. The molecule has 0 bridgehead atoms. The topological polar surface area (TPSA) is 120 Å². The molecule has 0 aromatic heterocycles. The molecule has 47 heavy (non-hydrogen) atoms. The predicted molar refractivity (Wildman–Crippen MR) is 175 cm³/mol. The van der Waals surface area contributed by atoms with Gasteiger partial charge in [0.05, 0.1) is 48.7 Å². The number of amides is 3. The Morgan fingerprint density at radius 1 is 1.00 bits per heavy atom. The minimum Gasteiger partial charge on any atom is -0.482 e. The fourth-order valence-electron chi connectivity index (χ4n) is 8.35. The summed E-state index contributed by atoms with van der Waals surface area (Å²) in [6, 6.07) is 22.3. The van der Waals surface area contributed by atoms with Crippen molar-refractivity contribution >= 4 is 34.8 Å². The van der Waals surface area contributed by atoms with Crippen molar-refractivity contribution in [3.8, 4) is 5.75 Å². The number of carbonyl (C=O) groups excluding carboxylic acids is 3. The number of hydrogen-bond acceptors (Lipinski definition) is 7. The third kappa shape index (κ3) is 5.10. The van der Waals surface area contributed by atoms with Crippen LogP contribution in [-0.2, 0) is 31.3 Å². The second-order valence-electron chi connectivity index (χ2n) is 13.7. The van der Waals surface area contributed by atoms with E-state index >= 15 is 0 Å². The third-order valence-electron chi connectivity index (χ3n) is 10.4. The zero-order valence-corrected chi connectivity index (χ0v) is 27.0. The molecule has 2 saturated heterocycles. The fourth-order valence-corrected chi connectivity index (χ4v) is 8.35. The van der Waals surface area contributed by atoms with Gasteiger partial charge in [-0.25, -0.2) is 0 Å². The number of fused-ring (bicyclic) bond motifs is 3. The number of carbonyl (C=O) groups is 3. The molecule has 3 aromatic rings. The molecule has 3 aromatic carbocycles. The zero-order valence-electron chi connectivity index (χ0n) is 27.0. The Morgan fingerprint density at radius 2 is 1.70 bits per heavy atom. The third-order valence-corrected chi connectivity index (χ3v) is 10.4. The number of aliphatic hydroxyl groups is 2. The first kappa shape index (κ1) is 31.4. The highest BCUT2D eigenvalue weighted by Crippen LogP contribution is 2.58. The van der Waals surface area contributed by atoms with Crippen molar-refractivity contribution in [2.45, 2.75) is 69.9 Å². The van der Waals surface area contributed by atoms with E-state index in [1.807, 2.05) is 79.7 Å². The van der Waals surface area contributed by atoms with Gasteiger partial charge in [0, 0.05) is 29.6 Å². The number of hydrogen-bond donors (Lipinski definition) is 2.